The van der Waals surface area contributed by atoms with E-state index in [1.165, 1.54) is 13.2 Å². The van der Waals surface area contributed by atoms with E-state index >= 15 is 0 Å². The summed E-state index contributed by atoms with van der Waals surface area (Å²) in [6.45, 7) is 0.363. The summed E-state index contributed by atoms with van der Waals surface area (Å²) in [4.78, 5) is 15.3. The zero-order valence-corrected chi connectivity index (χ0v) is 10.4. The molecular formula is C14H13FN2O2. The Morgan fingerprint density at radius 1 is 1.26 bits per heavy atom. The molecule has 0 unspecified atom stereocenters. The van der Waals surface area contributed by atoms with Gasteiger partial charge in [-0.05, 0) is 23.8 Å². The lowest BCUT2D eigenvalue weighted by Gasteiger charge is -2.09. The van der Waals surface area contributed by atoms with Crippen molar-refractivity contribution in [1.29, 1.82) is 0 Å². The summed E-state index contributed by atoms with van der Waals surface area (Å²) < 4.78 is 17.6. The van der Waals surface area contributed by atoms with Crippen molar-refractivity contribution >= 4 is 11.8 Å². The molecule has 2 aromatic rings. The molecule has 19 heavy (non-hydrogen) atoms. The zero-order chi connectivity index (χ0) is 13.7. The van der Waals surface area contributed by atoms with Gasteiger partial charge in [0.25, 0.3) is 0 Å². The number of aromatic nitrogens is 1. The van der Waals surface area contributed by atoms with E-state index in [9.17, 15) is 9.18 Å². The highest BCUT2D eigenvalue weighted by Gasteiger charge is 2.10. The quantitative estimate of drug-likeness (QED) is 0.678. The smallest absolute Gasteiger partial charge is 0.338 e. The minimum Gasteiger partial charge on any atom is -0.465 e. The molecule has 0 radical (unpaired) electrons. The van der Waals surface area contributed by atoms with Crippen LogP contribution in [0.1, 0.15) is 15.9 Å². The molecule has 0 atom stereocenters. The van der Waals surface area contributed by atoms with Crippen LogP contribution in [0.25, 0.3) is 0 Å². The third-order valence-electron chi connectivity index (χ3n) is 2.60. The molecule has 1 N–H and O–H groups in total. The molecule has 0 amide bonds. The van der Waals surface area contributed by atoms with Gasteiger partial charge in [0.1, 0.15) is 5.82 Å². The van der Waals surface area contributed by atoms with Crippen LogP contribution >= 0.6 is 0 Å². The molecule has 0 aliphatic carbocycles. The molecule has 2 rings (SSSR count). The van der Waals surface area contributed by atoms with Gasteiger partial charge in [0.15, 0.2) is 0 Å². The van der Waals surface area contributed by atoms with E-state index in [2.05, 4.69) is 10.3 Å². The van der Waals surface area contributed by atoms with Crippen LogP contribution in [-0.2, 0) is 11.3 Å². The number of esters is 1. The van der Waals surface area contributed by atoms with Gasteiger partial charge in [-0.3, -0.25) is 0 Å². The minimum absolute atomic E-state index is 0.363. The minimum atomic E-state index is -0.550. The Balaban J connectivity index is 2.13. The second kappa shape index (κ2) is 5.95. The lowest BCUT2D eigenvalue weighted by Crippen LogP contribution is -2.09. The highest BCUT2D eigenvalue weighted by atomic mass is 19.1. The Morgan fingerprint density at radius 3 is 2.79 bits per heavy atom. The third kappa shape index (κ3) is 3.28. The Morgan fingerprint density at radius 2 is 2.05 bits per heavy atom. The Bertz CT molecular complexity index is 587. The first-order valence-electron chi connectivity index (χ1n) is 5.73. The molecule has 0 bridgehead atoms. The third-order valence-corrected chi connectivity index (χ3v) is 2.60. The maximum atomic E-state index is 12.9. The van der Waals surface area contributed by atoms with Crippen molar-refractivity contribution in [3.63, 3.8) is 0 Å². The van der Waals surface area contributed by atoms with Crippen LogP contribution in [0.15, 0.2) is 42.5 Å². The van der Waals surface area contributed by atoms with E-state index in [0.717, 1.165) is 5.56 Å². The number of ether oxygens (including phenoxy) is 1. The number of carbonyl (C=O) groups is 1. The Kier molecular flexibility index (Phi) is 4.07. The summed E-state index contributed by atoms with van der Waals surface area (Å²) in [5, 5.41) is 2.96. The van der Waals surface area contributed by atoms with E-state index < -0.39 is 11.9 Å². The van der Waals surface area contributed by atoms with E-state index in [4.69, 9.17) is 4.74 Å². The lowest BCUT2D eigenvalue weighted by atomic mass is 10.1. The Hall–Kier alpha value is -2.43. The number of nitrogens with one attached hydrogen (secondary N) is 1. The largest absolute Gasteiger partial charge is 0.465 e. The van der Waals surface area contributed by atoms with Crippen LogP contribution in [0.5, 0.6) is 0 Å². The van der Waals surface area contributed by atoms with Gasteiger partial charge in [0, 0.05) is 6.54 Å². The van der Waals surface area contributed by atoms with E-state index in [1.54, 1.807) is 30.3 Å². The van der Waals surface area contributed by atoms with Gasteiger partial charge in [-0.1, -0.05) is 24.3 Å². The first kappa shape index (κ1) is 13.0. The molecule has 1 aromatic heterocycles. The second-order valence-corrected chi connectivity index (χ2v) is 3.85. The number of hydrogen-bond acceptors (Lipinski definition) is 4. The predicted octanol–water partition coefficient (Wildman–Crippen LogP) is 2.62. The van der Waals surface area contributed by atoms with Gasteiger partial charge in [0.05, 0.1) is 12.7 Å². The molecule has 0 spiro atoms. The number of carbonyl (C=O) groups excluding carboxylic acids is 1. The fourth-order valence-electron chi connectivity index (χ4n) is 1.68. The van der Waals surface area contributed by atoms with Gasteiger partial charge < -0.3 is 10.1 Å². The highest BCUT2D eigenvalue weighted by molar-refractivity contribution is 5.91. The molecule has 98 valence electrons. The summed E-state index contributed by atoms with van der Waals surface area (Å²) in [5.74, 6) is -0.532. The average molecular weight is 260 g/mol. The topological polar surface area (TPSA) is 51.2 Å². The van der Waals surface area contributed by atoms with Crippen molar-refractivity contribution in [2.75, 3.05) is 12.4 Å². The number of methoxy groups -OCH3 is 1. The average Bonchev–Trinajstić information content (AvgIpc) is 2.45. The molecular weight excluding hydrogens is 247 g/mol. The standard InChI is InChI=1S/C14H13FN2O2/c1-19-14(18)11-6-3-2-5-10(11)9-16-13-8-4-7-12(15)17-13/h2-8H,9H2,1H3,(H,16,17). The number of halogens is 1. The summed E-state index contributed by atoms with van der Waals surface area (Å²) in [7, 11) is 1.33. The van der Waals surface area contributed by atoms with Gasteiger partial charge in [-0.2, -0.15) is 4.39 Å². The van der Waals surface area contributed by atoms with Crippen molar-refractivity contribution in [1.82, 2.24) is 4.98 Å². The molecule has 0 saturated heterocycles. The molecule has 0 aliphatic rings. The van der Waals surface area contributed by atoms with Crippen molar-refractivity contribution in [3.05, 3.63) is 59.5 Å². The maximum Gasteiger partial charge on any atom is 0.338 e. The number of nitrogens with zero attached hydrogens (tertiary/aromatic N) is 1. The molecule has 5 heteroatoms. The highest BCUT2D eigenvalue weighted by Crippen LogP contribution is 2.12. The first-order valence-corrected chi connectivity index (χ1v) is 5.73. The number of hydrogen-bond donors (Lipinski definition) is 1. The summed E-state index contributed by atoms with van der Waals surface area (Å²) >= 11 is 0. The van der Waals surface area contributed by atoms with Crippen LogP contribution in [0, 0.1) is 5.95 Å². The second-order valence-electron chi connectivity index (χ2n) is 3.85. The fourth-order valence-corrected chi connectivity index (χ4v) is 1.68. The van der Waals surface area contributed by atoms with Gasteiger partial charge >= 0.3 is 5.97 Å². The number of anilines is 1. The monoisotopic (exact) mass is 260 g/mol. The van der Waals surface area contributed by atoms with Crippen molar-refractivity contribution in [3.8, 4) is 0 Å². The van der Waals surface area contributed by atoms with Gasteiger partial charge in [0.2, 0.25) is 5.95 Å². The number of pyridine rings is 1. The zero-order valence-electron chi connectivity index (χ0n) is 10.4. The Labute approximate surface area is 110 Å². The van der Waals surface area contributed by atoms with Crippen LogP contribution in [0.2, 0.25) is 0 Å². The van der Waals surface area contributed by atoms with E-state index in [-0.39, 0.29) is 0 Å². The molecule has 0 fully saturated rings. The SMILES string of the molecule is COC(=O)c1ccccc1CNc1cccc(F)n1. The fraction of sp³-hybridized carbons (Fsp3) is 0.143. The summed E-state index contributed by atoms with van der Waals surface area (Å²) in [6, 6.07) is 11.6. The van der Waals surface area contributed by atoms with Crippen molar-refractivity contribution in [2.45, 2.75) is 6.54 Å². The van der Waals surface area contributed by atoms with Gasteiger partial charge in [-0.25, -0.2) is 9.78 Å². The molecule has 4 nitrogen and oxygen atoms in total. The molecule has 0 saturated carbocycles. The van der Waals surface area contributed by atoms with Crippen molar-refractivity contribution < 1.29 is 13.9 Å². The molecule has 1 aromatic carbocycles. The first-order chi connectivity index (χ1) is 9.20. The number of rotatable bonds is 4. The lowest BCUT2D eigenvalue weighted by molar-refractivity contribution is 0.0599. The summed E-state index contributed by atoms with van der Waals surface area (Å²) in [6.07, 6.45) is 0. The number of benzene rings is 1. The van der Waals surface area contributed by atoms with Crippen LogP contribution in [-0.4, -0.2) is 18.1 Å². The van der Waals surface area contributed by atoms with Gasteiger partial charge in [-0.15, -0.1) is 0 Å². The predicted molar refractivity (Wildman–Crippen MR) is 69.3 cm³/mol. The summed E-state index contributed by atoms with van der Waals surface area (Å²) in [5.41, 5.74) is 1.24. The van der Waals surface area contributed by atoms with E-state index in [0.29, 0.717) is 17.9 Å². The van der Waals surface area contributed by atoms with Crippen LogP contribution in [0.4, 0.5) is 10.2 Å². The normalized spacial score (nSPS) is 10.0. The molecule has 0 aliphatic heterocycles. The van der Waals surface area contributed by atoms with Crippen LogP contribution < -0.4 is 5.32 Å². The van der Waals surface area contributed by atoms with E-state index in [1.807, 2.05) is 6.07 Å². The van der Waals surface area contributed by atoms with Crippen molar-refractivity contribution in [2.24, 2.45) is 0 Å². The molecule has 1 heterocycles. The maximum absolute atomic E-state index is 12.9. The van der Waals surface area contributed by atoms with Crippen LogP contribution in [0.3, 0.4) is 0 Å².